The zero-order valence-electron chi connectivity index (χ0n) is 16.5. The van der Waals surface area contributed by atoms with Gasteiger partial charge in [-0.1, -0.05) is 29.8 Å². The molecule has 2 aromatic carbocycles. The van der Waals surface area contributed by atoms with Gasteiger partial charge in [0, 0.05) is 5.56 Å². The number of benzene rings is 2. The summed E-state index contributed by atoms with van der Waals surface area (Å²) in [4.78, 5) is 17.1. The van der Waals surface area contributed by atoms with Crippen LogP contribution in [0.2, 0.25) is 5.02 Å². The van der Waals surface area contributed by atoms with Crippen LogP contribution in [0.5, 0.6) is 5.75 Å². The average molecular weight is 457 g/mol. The minimum atomic E-state index is -0.302. The number of carbonyl (C=O) groups excluding carboxylic acids is 1. The molecule has 0 aliphatic carbocycles. The van der Waals surface area contributed by atoms with E-state index < -0.39 is 0 Å². The van der Waals surface area contributed by atoms with E-state index in [1.54, 1.807) is 28.9 Å². The fraction of sp³-hybridized carbons (Fsp3) is 0.136. The van der Waals surface area contributed by atoms with Crippen LogP contribution in [-0.4, -0.2) is 20.7 Å². The Morgan fingerprint density at radius 1 is 1.19 bits per heavy atom. The van der Waals surface area contributed by atoms with Crippen molar-refractivity contribution in [1.29, 1.82) is 0 Å². The van der Waals surface area contributed by atoms with Gasteiger partial charge < -0.3 is 4.74 Å². The zero-order valence-corrected chi connectivity index (χ0v) is 18.1. The van der Waals surface area contributed by atoms with E-state index in [-0.39, 0.29) is 17.7 Å². The van der Waals surface area contributed by atoms with Gasteiger partial charge in [-0.05, 0) is 53.8 Å². The first kappa shape index (κ1) is 21.0. The van der Waals surface area contributed by atoms with Crippen LogP contribution >= 0.6 is 22.9 Å². The highest BCUT2D eigenvalue weighted by Gasteiger charge is 2.13. The topological polar surface area (TPSA) is 69.0 Å². The van der Waals surface area contributed by atoms with E-state index in [2.05, 4.69) is 15.4 Å². The Labute approximate surface area is 187 Å². The largest absolute Gasteiger partial charge is 0.487 e. The summed E-state index contributed by atoms with van der Waals surface area (Å²) < 4.78 is 20.4. The third-order valence-electron chi connectivity index (χ3n) is 4.38. The van der Waals surface area contributed by atoms with Crippen molar-refractivity contribution in [3.05, 3.63) is 92.6 Å². The maximum absolute atomic E-state index is 13.0. The number of anilines is 1. The number of hydrogen-bond donors (Lipinski definition) is 1. The lowest BCUT2D eigenvalue weighted by atomic mass is 10.2. The molecule has 1 amide bonds. The number of rotatable bonds is 7. The molecule has 0 spiro atoms. The zero-order chi connectivity index (χ0) is 21.8. The van der Waals surface area contributed by atoms with Crippen LogP contribution < -0.4 is 10.1 Å². The fourth-order valence-electron chi connectivity index (χ4n) is 2.82. The van der Waals surface area contributed by atoms with Gasteiger partial charge in [-0.3, -0.25) is 10.1 Å². The Kier molecular flexibility index (Phi) is 6.29. The Hall–Kier alpha value is -3.23. The van der Waals surface area contributed by atoms with Crippen molar-refractivity contribution in [2.75, 3.05) is 5.32 Å². The van der Waals surface area contributed by atoms with Crippen molar-refractivity contribution in [2.24, 2.45) is 0 Å². The molecule has 0 radical (unpaired) electrons. The summed E-state index contributed by atoms with van der Waals surface area (Å²) in [5.41, 5.74) is 2.79. The molecule has 31 heavy (non-hydrogen) atoms. The molecule has 2 aromatic heterocycles. The molecule has 4 aromatic rings. The molecule has 9 heteroatoms. The van der Waals surface area contributed by atoms with Gasteiger partial charge in [0.05, 0.1) is 16.4 Å². The van der Waals surface area contributed by atoms with Gasteiger partial charge in [0.25, 0.3) is 5.91 Å². The molecule has 2 heterocycles. The average Bonchev–Trinajstić information content (AvgIpc) is 3.40. The van der Waals surface area contributed by atoms with E-state index in [9.17, 15) is 9.18 Å². The number of aryl methyl sites for hydroxylation is 1. The maximum Gasteiger partial charge on any atom is 0.268 e. The molecule has 0 aliphatic heterocycles. The smallest absolute Gasteiger partial charge is 0.268 e. The molecule has 0 aliphatic rings. The standard InChI is InChI=1S/C22H18ClFN4O2S/c1-14-2-7-18(23)19(8-14)30-11-16-9-20(31-12-16)21(29)26-22-25-13-28(27-22)10-15-3-5-17(24)6-4-15/h2-9,12-13H,10-11H2,1H3,(H,26,27,29). The summed E-state index contributed by atoms with van der Waals surface area (Å²) in [7, 11) is 0. The second kappa shape index (κ2) is 9.28. The van der Waals surface area contributed by atoms with Crippen molar-refractivity contribution < 1.29 is 13.9 Å². The summed E-state index contributed by atoms with van der Waals surface area (Å²) in [5, 5.41) is 9.33. The molecular formula is C22H18ClFN4O2S. The number of nitrogens with one attached hydrogen (secondary N) is 1. The van der Waals surface area contributed by atoms with Crippen LogP contribution in [0, 0.1) is 12.7 Å². The summed E-state index contributed by atoms with van der Waals surface area (Å²) in [6, 6.07) is 13.5. The van der Waals surface area contributed by atoms with Crippen LogP contribution in [0.3, 0.4) is 0 Å². The number of ether oxygens (including phenoxy) is 1. The van der Waals surface area contributed by atoms with Gasteiger partial charge in [-0.15, -0.1) is 16.4 Å². The lowest BCUT2D eigenvalue weighted by Crippen LogP contribution is -2.12. The molecule has 0 bridgehead atoms. The molecule has 0 saturated heterocycles. The van der Waals surface area contributed by atoms with E-state index >= 15 is 0 Å². The lowest BCUT2D eigenvalue weighted by Gasteiger charge is -2.07. The molecule has 6 nitrogen and oxygen atoms in total. The summed E-state index contributed by atoms with van der Waals surface area (Å²) in [6.45, 7) is 2.69. The first-order valence-electron chi connectivity index (χ1n) is 9.38. The van der Waals surface area contributed by atoms with E-state index in [0.29, 0.717) is 28.8 Å². The molecular weight excluding hydrogens is 439 g/mol. The maximum atomic E-state index is 13.0. The normalized spacial score (nSPS) is 10.8. The monoisotopic (exact) mass is 456 g/mol. The number of hydrogen-bond acceptors (Lipinski definition) is 5. The summed E-state index contributed by atoms with van der Waals surface area (Å²) in [6.07, 6.45) is 1.51. The van der Waals surface area contributed by atoms with Crippen LogP contribution in [0.15, 0.2) is 60.2 Å². The number of nitrogens with zero attached hydrogens (tertiary/aromatic N) is 3. The highest BCUT2D eigenvalue weighted by Crippen LogP contribution is 2.27. The van der Waals surface area contributed by atoms with E-state index in [0.717, 1.165) is 16.7 Å². The second-order valence-electron chi connectivity index (χ2n) is 6.89. The number of carbonyl (C=O) groups is 1. The molecule has 0 saturated carbocycles. The fourth-order valence-corrected chi connectivity index (χ4v) is 3.78. The van der Waals surface area contributed by atoms with Gasteiger partial charge in [0.1, 0.15) is 24.5 Å². The Bertz CT molecular complexity index is 1210. The molecule has 158 valence electrons. The van der Waals surface area contributed by atoms with Gasteiger partial charge in [-0.2, -0.15) is 0 Å². The summed E-state index contributed by atoms with van der Waals surface area (Å²) in [5.74, 6) is 0.210. The van der Waals surface area contributed by atoms with Crippen molar-refractivity contribution in [3.63, 3.8) is 0 Å². The quantitative estimate of drug-likeness (QED) is 0.408. The van der Waals surface area contributed by atoms with Gasteiger partial charge in [0.2, 0.25) is 5.95 Å². The van der Waals surface area contributed by atoms with Gasteiger partial charge in [0.15, 0.2) is 0 Å². The van der Waals surface area contributed by atoms with Crippen molar-refractivity contribution >= 4 is 34.8 Å². The minimum Gasteiger partial charge on any atom is -0.487 e. The number of amides is 1. The Morgan fingerprint density at radius 3 is 2.81 bits per heavy atom. The molecule has 0 atom stereocenters. The number of aromatic nitrogens is 3. The van der Waals surface area contributed by atoms with E-state index in [1.807, 2.05) is 24.4 Å². The number of thiophene rings is 1. The lowest BCUT2D eigenvalue weighted by molar-refractivity contribution is 0.102. The predicted molar refractivity (Wildman–Crippen MR) is 118 cm³/mol. The first-order chi connectivity index (χ1) is 15.0. The number of halogens is 2. The molecule has 0 unspecified atom stereocenters. The van der Waals surface area contributed by atoms with Crippen molar-refractivity contribution in [1.82, 2.24) is 14.8 Å². The van der Waals surface area contributed by atoms with Crippen LogP contribution in [0.1, 0.15) is 26.4 Å². The third kappa shape index (κ3) is 5.48. The first-order valence-corrected chi connectivity index (χ1v) is 10.6. The third-order valence-corrected chi connectivity index (χ3v) is 5.67. The molecule has 1 N–H and O–H groups in total. The molecule has 4 rings (SSSR count). The second-order valence-corrected chi connectivity index (χ2v) is 8.21. The SMILES string of the molecule is Cc1ccc(Cl)c(OCc2csc(C(=O)Nc3ncn(Cc4ccc(F)cc4)n3)c2)c1. The Balaban J connectivity index is 1.34. The minimum absolute atomic E-state index is 0.199. The highest BCUT2D eigenvalue weighted by atomic mass is 35.5. The molecule has 0 fully saturated rings. The van der Waals surface area contributed by atoms with Crippen LogP contribution in [-0.2, 0) is 13.2 Å². The van der Waals surface area contributed by atoms with Crippen LogP contribution in [0.25, 0.3) is 0 Å². The van der Waals surface area contributed by atoms with Gasteiger partial charge in [-0.25, -0.2) is 14.1 Å². The highest BCUT2D eigenvalue weighted by molar-refractivity contribution is 7.12. The van der Waals surface area contributed by atoms with E-state index in [1.165, 1.54) is 29.8 Å². The van der Waals surface area contributed by atoms with Crippen LogP contribution in [0.4, 0.5) is 10.3 Å². The van der Waals surface area contributed by atoms with Gasteiger partial charge >= 0.3 is 0 Å². The van der Waals surface area contributed by atoms with E-state index in [4.69, 9.17) is 16.3 Å². The Morgan fingerprint density at radius 2 is 2.00 bits per heavy atom. The van der Waals surface area contributed by atoms with Crippen molar-refractivity contribution in [3.8, 4) is 5.75 Å². The summed E-state index contributed by atoms with van der Waals surface area (Å²) >= 11 is 7.46. The van der Waals surface area contributed by atoms with Crippen molar-refractivity contribution in [2.45, 2.75) is 20.1 Å². The predicted octanol–water partition coefficient (Wildman–Crippen LogP) is 5.32.